The fourth-order valence-electron chi connectivity index (χ4n) is 1.72. The molecule has 22 heavy (non-hydrogen) atoms. The van der Waals surface area contributed by atoms with E-state index in [-0.39, 0.29) is 30.5 Å². The molecule has 1 aromatic rings. The number of hydrogen-bond donors (Lipinski definition) is 2. The molecule has 0 amide bonds. The number of nitrogens with zero attached hydrogens (tertiary/aromatic N) is 1. The highest BCUT2D eigenvalue weighted by Crippen LogP contribution is 2.20. The van der Waals surface area contributed by atoms with Gasteiger partial charge in [0, 0.05) is 25.7 Å². The number of rotatable bonds is 5. The molecule has 8 heteroatoms. The van der Waals surface area contributed by atoms with Crippen LogP contribution in [0.3, 0.4) is 0 Å². The van der Waals surface area contributed by atoms with Crippen LogP contribution in [0, 0.1) is 6.92 Å². The summed E-state index contributed by atoms with van der Waals surface area (Å²) < 4.78 is 41.5. The van der Waals surface area contributed by atoms with E-state index in [0.717, 1.165) is 16.9 Å². The monoisotopic (exact) mass is 431 g/mol. The molecule has 126 valence electrons. The number of halogens is 4. The first-order valence-corrected chi connectivity index (χ1v) is 6.50. The third-order valence-corrected chi connectivity index (χ3v) is 2.81. The van der Waals surface area contributed by atoms with Gasteiger partial charge in [0.25, 0.3) is 0 Å². The van der Waals surface area contributed by atoms with Crippen LogP contribution in [-0.2, 0) is 6.54 Å². The summed E-state index contributed by atoms with van der Waals surface area (Å²) >= 11 is 0. The zero-order valence-corrected chi connectivity index (χ0v) is 15.1. The highest BCUT2D eigenvalue weighted by Gasteiger charge is 2.26. The molecule has 0 atom stereocenters. The zero-order valence-electron chi connectivity index (χ0n) is 12.8. The van der Waals surface area contributed by atoms with Crippen molar-refractivity contribution in [1.82, 2.24) is 10.6 Å². The Morgan fingerprint density at radius 3 is 2.50 bits per heavy atom. The Morgan fingerprint density at radius 1 is 1.27 bits per heavy atom. The second-order valence-corrected chi connectivity index (χ2v) is 4.53. The Morgan fingerprint density at radius 2 is 1.95 bits per heavy atom. The molecule has 0 aliphatic heterocycles. The number of nitrogens with one attached hydrogen (secondary N) is 2. The minimum absolute atomic E-state index is 0. The first kappa shape index (κ1) is 20.8. The molecule has 0 aliphatic rings. The summed E-state index contributed by atoms with van der Waals surface area (Å²) in [6.45, 7) is 2.15. The lowest BCUT2D eigenvalue weighted by molar-refractivity contribution is -0.132. The van der Waals surface area contributed by atoms with Crippen LogP contribution >= 0.6 is 24.0 Å². The van der Waals surface area contributed by atoms with Crippen molar-refractivity contribution >= 4 is 29.9 Å². The van der Waals surface area contributed by atoms with Gasteiger partial charge in [-0.2, -0.15) is 13.2 Å². The zero-order chi connectivity index (χ0) is 15.9. The Kier molecular flexibility index (Phi) is 9.22. The number of guanidine groups is 1. The molecule has 1 rings (SSSR count). The van der Waals surface area contributed by atoms with E-state index in [0.29, 0.717) is 12.5 Å². The third-order valence-electron chi connectivity index (χ3n) is 2.81. The second kappa shape index (κ2) is 9.75. The van der Waals surface area contributed by atoms with Crippen LogP contribution in [0.15, 0.2) is 23.2 Å². The predicted octanol–water partition coefficient (Wildman–Crippen LogP) is 3.24. The van der Waals surface area contributed by atoms with Crippen LogP contribution in [0.1, 0.15) is 17.5 Å². The lowest BCUT2D eigenvalue weighted by Gasteiger charge is -2.14. The molecule has 0 heterocycles. The Balaban J connectivity index is 0.00000441. The summed E-state index contributed by atoms with van der Waals surface area (Å²) in [5, 5.41) is 5.58. The highest BCUT2D eigenvalue weighted by atomic mass is 127. The molecule has 4 nitrogen and oxygen atoms in total. The standard InChI is InChI=1S/C14H20F3N3O.HI/c1-10-4-5-11(12(8-10)21-3)9-20-13(18-2)19-7-6-14(15,16)17;/h4-5,8H,6-7,9H2,1-3H3,(H2,18,19,20);1H. The number of benzene rings is 1. The number of hydrogen-bond acceptors (Lipinski definition) is 2. The van der Waals surface area contributed by atoms with Crippen LogP contribution in [0.5, 0.6) is 5.75 Å². The SMILES string of the molecule is CN=C(NCCC(F)(F)F)NCc1ccc(C)cc1OC.I. The molecule has 0 aliphatic carbocycles. The largest absolute Gasteiger partial charge is 0.496 e. The van der Waals surface area contributed by atoms with Crippen molar-refractivity contribution in [3.05, 3.63) is 29.3 Å². The molecule has 0 unspecified atom stereocenters. The van der Waals surface area contributed by atoms with Gasteiger partial charge in [0.15, 0.2) is 5.96 Å². The molecule has 2 N–H and O–H groups in total. The normalized spacial score (nSPS) is 11.6. The van der Waals surface area contributed by atoms with E-state index in [9.17, 15) is 13.2 Å². The summed E-state index contributed by atoms with van der Waals surface area (Å²) in [7, 11) is 3.09. The summed E-state index contributed by atoms with van der Waals surface area (Å²) in [5.74, 6) is 1.05. The predicted molar refractivity (Wildman–Crippen MR) is 92.0 cm³/mol. The van der Waals surface area contributed by atoms with E-state index in [4.69, 9.17) is 4.74 Å². The van der Waals surface area contributed by atoms with E-state index < -0.39 is 12.6 Å². The molecule has 0 saturated heterocycles. The maximum absolute atomic E-state index is 12.1. The molecule has 0 aromatic heterocycles. The molecule has 0 radical (unpaired) electrons. The average Bonchev–Trinajstić information content (AvgIpc) is 2.42. The maximum atomic E-state index is 12.1. The summed E-state index contributed by atoms with van der Waals surface area (Å²) in [6.07, 6.45) is -5.08. The minimum atomic E-state index is -4.17. The van der Waals surface area contributed by atoms with Crippen LogP contribution in [0.2, 0.25) is 0 Å². The van der Waals surface area contributed by atoms with E-state index in [1.165, 1.54) is 7.05 Å². The summed E-state index contributed by atoms with van der Waals surface area (Å²) in [4.78, 5) is 3.88. The number of aliphatic imine (C=N–C) groups is 1. The minimum Gasteiger partial charge on any atom is -0.496 e. The molecule has 1 aromatic carbocycles. The average molecular weight is 431 g/mol. The van der Waals surface area contributed by atoms with Crippen LogP contribution < -0.4 is 15.4 Å². The topological polar surface area (TPSA) is 45.7 Å². The Labute approximate surface area is 145 Å². The number of methoxy groups -OCH3 is 1. The quantitative estimate of drug-likeness (QED) is 0.428. The van der Waals surface area contributed by atoms with Crippen molar-refractivity contribution in [2.75, 3.05) is 20.7 Å². The number of ether oxygens (including phenoxy) is 1. The van der Waals surface area contributed by atoms with Gasteiger partial charge in [0.05, 0.1) is 13.5 Å². The first-order valence-electron chi connectivity index (χ1n) is 6.50. The fraction of sp³-hybridized carbons (Fsp3) is 0.500. The van der Waals surface area contributed by atoms with Gasteiger partial charge in [-0.05, 0) is 18.6 Å². The first-order chi connectivity index (χ1) is 9.85. The van der Waals surface area contributed by atoms with Gasteiger partial charge >= 0.3 is 6.18 Å². The molecule has 0 saturated carbocycles. The van der Waals surface area contributed by atoms with Gasteiger partial charge in [-0.25, -0.2) is 0 Å². The van der Waals surface area contributed by atoms with Crippen molar-refractivity contribution in [2.24, 2.45) is 4.99 Å². The van der Waals surface area contributed by atoms with Crippen molar-refractivity contribution in [3.63, 3.8) is 0 Å². The van der Waals surface area contributed by atoms with Crippen molar-refractivity contribution in [2.45, 2.75) is 26.1 Å². The molecular formula is C14H21F3IN3O. The van der Waals surface area contributed by atoms with E-state index in [2.05, 4.69) is 15.6 Å². The fourth-order valence-corrected chi connectivity index (χ4v) is 1.72. The maximum Gasteiger partial charge on any atom is 0.390 e. The molecule has 0 spiro atoms. The number of alkyl halides is 3. The van der Waals surface area contributed by atoms with Gasteiger partial charge in [0.1, 0.15) is 5.75 Å². The van der Waals surface area contributed by atoms with E-state index >= 15 is 0 Å². The van der Waals surface area contributed by atoms with Gasteiger partial charge < -0.3 is 15.4 Å². The van der Waals surface area contributed by atoms with Gasteiger partial charge in [-0.15, -0.1) is 24.0 Å². The molecular weight excluding hydrogens is 410 g/mol. The van der Waals surface area contributed by atoms with Gasteiger partial charge in [-0.1, -0.05) is 12.1 Å². The Hall–Kier alpha value is -1.19. The van der Waals surface area contributed by atoms with Gasteiger partial charge in [-0.3, -0.25) is 4.99 Å². The summed E-state index contributed by atoms with van der Waals surface area (Å²) in [6, 6.07) is 5.75. The van der Waals surface area contributed by atoms with Crippen LogP contribution in [-0.4, -0.2) is 32.8 Å². The second-order valence-electron chi connectivity index (χ2n) is 4.53. The third kappa shape index (κ3) is 7.71. The molecule has 0 fully saturated rings. The van der Waals surface area contributed by atoms with Crippen LogP contribution in [0.4, 0.5) is 13.2 Å². The van der Waals surface area contributed by atoms with Crippen molar-refractivity contribution in [1.29, 1.82) is 0 Å². The Bertz CT molecular complexity index is 493. The number of aryl methyl sites for hydroxylation is 1. The smallest absolute Gasteiger partial charge is 0.390 e. The van der Waals surface area contributed by atoms with Crippen molar-refractivity contribution < 1.29 is 17.9 Å². The van der Waals surface area contributed by atoms with E-state index in [1.54, 1.807) is 7.11 Å². The van der Waals surface area contributed by atoms with Crippen molar-refractivity contribution in [3.8, 4) is 5.75 Å². The summed E-state index contributed by atoms with van der Waals surface area (Å²) in [5.41, 5.74) is 1.98. The lowest BCUT2D eigenvalue weighted by atomic mass is 10.1. The highest BCUT2D eigenvalue weighted by molar-refractivity contribution is 14.0. The van der Waals surface area contributed by atoms with Gasteiger partial charge in [0.2, 0.25) is 0 Å². The lowest BCUT2D eigenvalue weighted by Crippen LogP contribution is -2.38. The van der Waals surface area contributed by atoms with E-state index in [1.807, 2.05) is 25.1 Å². The van der Waals surface area contributed by atoms with Crippen LogP contribution in [0.25, 0.3) is 0 Å². The molecule has 0 bridgehead atoms.